The Kier molecular flexibility index (Phi) is 12.3. The van der Waals surface area contributed by atoms with Crippen LogP contribution in [0.3, 0.4) is 0 Å². The Morgan fingerprint density at radius 3 is 2.35 bits per heavy atom. The van der Waals surface area contributed by atoms with Crippen molar-refractivity contribution in [1.29, 1.82) is 0 Å². The smallest absolute Gasteiger partial charge is 0.341 e. The zero-order valence-electron chi connectivity index (χ0n) is 26.6. The highest BCUT2D eigenvalue weighted by Crippen LogP contribution is 2.38. The monoisotopic (exact) mass is 745 g/mol. The molecule has 0 saturated heterocycles. The van der Waals surface area contributed by atoms with Gasteiger partial charge in [-0.05, 0) is 92.3 Å². The highest BCUT2D eigenvalue weighted by molar-refractivity contribution is 9.10. The molecule has 0 fully saturated rings. The summed E-state index contributed by atoms with van der Waals surface area (Å²) in [7, 11) is 1.36. The van der Waals surface area contributed by atoms with Crippen molar-refractivity contribution in [3.63, 3.8) is 0 Å². The predicted molar refractivity (Wildman–Crippen MR) is 197 cm³/mol. The van der Waals surface area contributed by atoms with E-state index in [0.29, 0.717) is 21.8 Å². The van der Waals surface area contributed by atoms with Crippen LogP contribution < -0.4 is 16.0 Å². The second-order valence-electron chi connectivity index (χ2n) is 11.3. The molecule has 0 bridgehead atoms. The number of benzene rings is 3. The molecule has 248 valence electrons. The van der Waals surface area contributed by atoms with Crippen molar-refractivity contribution in [1.82, 2.24) is 5.32 Å². The average molecular weight is 747 g/mol. The quantitative estimate of drug-likeness (QED) is 0.0853. The van der Waals surface area contributed by atoms with Crippen LogP contribution in [-0.2, 0) is 27.2 Å². The van der Waals surface area contributed by atoms with Crippen molar-refractivity contribution >= 4 is 79.5 Å². The maximum atomic E-state index is 13.5. The van der Waals surface area contributed by atoms with Gasteiger partial charge in [-0.1, -0.05) is 65.2 Å². The molecule has 4 aromatic rings. The Balaban J connectivity index is 1.29. The van der Waals surface area contributed by atoms with Gasteiger partial charge < -0.3 is 20.7 Å². The third kappa shape index (κ3) is 9.24. The molecule has 0 saturated carbocycles. The first-order chi connectivity index (χ1) is 23.2. The van der Waals surface area contributed by atoms with Gasteiger partial charge >= 0.3 is 5.97 Å². The lowest BCUT2D eigenvalue weighted by molar-refractivity contribution is -0.115. The molecule has 1 aliphatic rings. The standard InChI is InChI=1S/C37H36BrN3O5S2/c1-23(33(42)41-36-32(37(45)46-2)29-15-8-3-4-9-16-31(29)48-36)47-28-14-10-13-27(22-28)39-35(44)30(21-24-17-19-26(38)20-18-24)40-34(43)25-11-6-5-7-12-25/h5-7,10-14,17-23H,3-4,8-9,15-16H2,1-2H3,(H,39,44)(H,40,43)(H,41,42)/b30-21+. The minimum absolute atomic E-state index is 0.0726. The molecule has 11 heteroatoms. The number of nitrogens with one attached hydrogen (secondary N) is 3. The van der Waals surface area contributed by atoms with Crippen LogP contribution in [0.4, 0.5) is 10.7 Å². The van der Waals surface area contributed by atoms with Gasteiger partial charge in [0.25, 0.3) is 11.8 Å². The van der Waals surface area contributed by atoms with Crippen LogP contribution >= 0.6 is 39.0 Å². The molecule has 0 spiro atoms. The summed E-state index contributed by atoms with van der Waals surface area (Å²) in [4.78, 5) is 54.6. The number of hydrogen-bond acceptors (Lipinski definition) is 7. The van der Waals surface area contributed by atoms with Crippen LogP contribution in [0.5, 0.6) is 0 Å². The Hall–Kier alpha value is -4.19. The van der Waals surface area contributed by atoms with E-state index in [1.807, 2.05) is 36.4 Å². The molecule has 3 N–H and O–H groups in total. The van der Waals surface area contributed by atoms with Crippen LogP contribution in [0.1, 0.15) is 69.3 Å². The number of fused-ring (bicyclic) bond motifs is 1. The van der Waals surface area contributed by atoms with Crippen molar-refractivity contribution in [3.05, 3.63) is 116 Å². The van der Waals surface area contributed by atoms with Crippen LogP contribution in [0.15, 0.2) is 93.9 Å². The molecule has 1 heterocycles. The van der Waals surface area contributed by atoms with E-state index in [9.17, 15) is 19.2 Å². The summed E-state index contributed by atoms with van der Waals surface area (Å²) in [5, 5.41) is 8.66. The number of carbonyl (C=O) groups is 4. The maximum Gasteiger partial charge on any atom is 0.341 e. The minimum Gasteiger partial charge on any atom is -0.465 e. The number of carbonyl (C=O) groups excluding carboxylic acids is 4. The summed E-state index contributed by atoms with van der Waals surface area (Å²) in [6.07, 6.45) is 7.63. The van der Waals surface area contributed by atoms with E-state index in [0.717, 1.165) is 63.9 Å². The fourth-order valence-electron chi connectivity index (χ4n) is 5.31. The molecule has 1 aromatic heterocycles. The summed E-state index contributed by atoms with van der Waals surface area (Å²) in [5.74, 6) is -1.58. The molecule has 1 atom stereocenters. The lowest BCUT2D eigenvalue weighted by Gasteiger charge is -2.14. The molecule has 0 radical (unpaired) electrons. The lowest BCUT2D eigenvalue weighted by atomic mass is 9.96. The number of esters is 1. The fourth-order valence-corrected chi connectivity index (χ4v) is 7.78. The van der Waals surface area contributed by atoms with E-state index in [2.05, 4.69) is 31.9 Å². The highest BCUT2D eigenvalue weighted by Gasteiger charge is 2.27. The second-order valence-corrected chi connectivity index (χ2v) is 14.7. The van der Waals surface area contributed by atoms with Gasteiger partial charge in [0.15, 0.2) is 0 Å². The molecule has 1 aliphatic carbocycles. The van der Waals surface area contributed by atoms with Crippen molar-refractivity contribution in [2.45, 2.75) is 55.6 Å². The van der Waals surface area contributed by atoms with E-state index >= 15 is 0 Å². The van der Waals surface area contributed by atoms with Gasteiger partial charge in [0.1, 0.15) is 10.7 Å². The number of methoxy groups -OCH3 is 1. The first-order valence-corrected chi connectivity index (χ1v) is 18.2. The van der Waals surface area contributed by atoms with Crippen molar-refractivity contribution in [2.24, 2.45) is 0 Å². The number of thiophene rings is 1. The summed E-state index contributed by atoms with van der Waals surface area (Å²) in [5.41, 5.74) is 3.20. The van der Waals surface area contributed by atoms with Crippen molar-refractivity contribution in [2.75, 3.05) is 17.7 Å². The zero-order chi connectivity index (χ0) is 34.0. The molecule has 5 rings (SSSR count). The topological polar surface area (TPSA) is 114 Å². The number of aryl methyl sites for hydroxylation is 1. The summed E-state index contributed by atoms with van der Waals surface area (Å²) in [6, 6.07) is 23.2. The van der Waals surface area contributed by atoms with Crippen LogP contribution in [-0.4, -0.2) is 36.1 Å². The number of anilines is 2. The van der Waals surface area contributed by atoms with Gasteiger partial charge in [-0.2, -0.15) is 0 Å². The molecule has 0 aliphatic heterocycles. The molecule has 1 unspecified atom stereocenters. The molecular formula is C37H36BrN3O5S2. The van der Waals surface area contributed by atoms with E-state index in [1.54, 1.807) is 55.5 Å². The molecule has 3 amide bonds. The molecule has 8 nitrogen and oxygen atoms in total. The summed E-state index contributed by atoms with van der Waals surface area (Å²) >= 11 is 6.22. The molecule has 3 aromatic carbocycles. The van der Waals surface area contributed by atoms with E-state index < -0.39 is 23.0 Å². The molecule has 48 heavy (non-hydrogen) atoms. The minimum atomic E-state index is -0.510. The Morgan fingerprint density at radius 1 is 0.896 bits per heavy atom. The third-order valence-corrected chi connectivity index (χ3v) is 10.6. The highest BCUT2D eigenvalue weighted by atomic mass is 79.9. The predicted octanol–water partition coefficient (Wildman–Crippen LogP) is 8.49. The number of halogens is 1. The zero-order valence-corrected chi connectivity index (χ0v) is 29.9. The van der Waals surface area contributed by atoms with Gasteiger partial charge in [0.05, 0.1) is 17.9 Å². The van der Waals surface area contributed by atoms with E-state index in [4.69, 9.17) is 4.74 Å². The Labute approximate surface area is 296 Å². The van der Waals surface area contributed by atoms with Crippen LogP contribution in [0.2, 0.25) is 0 Å². The Morgan fingerprint density at radius 2 is 1.62 bits per heavy atom. The van der Waals surface area contributed by atoms with Crippen LogP contribution in [0, 0.1) is 0 Å². The van der Waals surface area contributed by atoms with Gasteiger partial charge in [-0.15, -0.1) is 23.1 Å². The largest absolute Gasteiger partial charge is 0.465 e. The number of ether oxygens (including phenoxy) is 1. The third-order valence-electron chi connectivity index (χ3n) is 7.78. The normalized spacial score (nSPS) is 13.7. The maximum absolute atomic E-state index is 13.5. The Bertz CT molecular complexity index is 1820. The van der Waals surface area contributed by atoms with E-state index in [1.165, 1.54) is 30.2 Å². The first kappa shape index (κ1) is 35.1. The fraction of sp³-hybridized carbons (Fsp3) is 0.243. The van der Waals surface area contributed by atoms with Gasteiger partial charge in [-0.3, -0.25) is 14.4 Å². The lowest BCUT2D eigenvalue weighted by Crippen LogP contribution is -2.30. The van der Waals surface area contributed by atoms with Gasteiger partial charge in [-0.25, -0.2) is 4.79 Å². The van der Waals surface area contributed by atoms with Crippen molar-refractivity contribution in [3.8, 4) is 0 Å². The van der Waals surface area contributed by atoms with Crippen LogP contribution in [0.25, 0.3) is 6.08 Å². The number of thioether (sulfide) groups is 1. The molecular weight excluding hydrogens is 710 g/mol. The van der Waals surface area contributed by atoms with E-state index in [-0.39, 0.29) is 11.6 Å². The second kappa shape index (κ2) is 16.8. The summed E-state index contributed by atoms with van der Waals surface area (Å²) < 4.78 is 5.99. The number of rotatable bonds is 10. The first-order valence-electron chi connectivity index (χ1n) is 15.7. The van der Waals surface area contributed by atoms with Gasteiger partial charge in [0, 0.05) is 25.5 Å². The van der Waals surface area contributed by atoms with Crippen molar-refractivity contribution < 1.29 is 23.9 Å². The number of hydrogen-bond donors (Lipinski definition) is 3. The number of amides is 3. The SMILES string of the molecule is COC(=O)c1c(NC(=O)C(C)Sc2cccc(NC(=O)/C(=C\c3ccc(Br)cc3)NC(=O)c3ccccc3)c2)sc2c1CCCCCC2. The summed E-state index contributed by atoms with van der Waals surface area (Å²) in [6.45, 7) is 1.80. The van der Waals surface area contributed by atoms with Gasteiger partial charge in [0.2, 0.25) is 5.91 Å². The average Bonchev–Trinajstić information content (AvgIpc) is 3.40.